The van der Waals surface area contributed by atoms with Gasteiger partial charge >= 0.3 is 0 Å². The summed E-state index contributed by atoms with van der Waals surface area (Å²) in [7, 11) is 0. The van der Waals surface area contributed by atoms with Crippen LogP contribution < -0.4 is 0 Å². The van der Waals surface area contributed by atoms with E-state index in [2.05, 4.69) is 18.2 Å². The molecule has 0 bridgehead atoms. The smallest absolute Gasteiger partial charge is 0.192 e. The molecule has 0 spiro atoms. The highest BCUT2D eigenvalue weighted by Crippen LogP contribution is 2.36. The first-order valence-corrected chi connectivity index (χ1v) is 7.25. The number of hydrogen-bond donors (Lipinski definition) is 0. The van der Waals surface area contributed by atoms with Crippen LogP contribution in [0.4, 0.5) is 0 Å². The molecule has 0 aromatic heterocycles. The molecule has 3 rings (SSSR count). The Hall–Kier alpha value is -0.570. The molecule has 0 amide bonds. The van der Waals surface area contributed by atoms with Gasteiger partial charge in [0, 0.05) is 5.56 Å². The van der Waals surface area contributed by atoms with Crippen LogP contribution in [0.25, 0.3) is 0 Å². The maximum Gasteiger partial charge on any atom is 0.192 e. The normalized spacial score (nSPS) is 31.3. The molecule has 0 saturated carbocycles. The fourth-order valence-electron chi connectivity index (χ4n) is 2.88. The van der Waals surface area contributed by atoms with Gasteiger partial charge in [0.1, 0.15) is 0 Å². The van der Waals surface area contributed by atoms with Crippen molar-refractivity contribution in [3.8, 4) is 0 Å². The van der Waals surface area contributed by atoms with E-state index in [0.29, 0.717) is 12.5 Å². The largest absolute Gasteiger partial charge is 0.343 e. The molecule has 0 radical (unpaired) electrons. The van der Waals surface area contributed by atoms with Crippen molar-refractivity contribution in [2.75, 3.05) is 12.5 Å². The molecule has 1 aliphatic heterocycles. The van der Waals surface area contributed by atoms with Crippen LogP contribution in [0.2, 0.25) is 0 Å². The fraction of sp³-hybridized carbons (Fsp3) is 0.600. The summed E-state index contributed by atoms with van der Waals surface area (Å²) in [5.74, 6) is -0.132. The minimum Gasteiger partial charge on any atom is -0.343 e. The Kier molecular flexibility index (Phi) is 3.35. The second-order valence-corrected chi connectivity index (χ2v) is 5.65. The monoisotopic (exact) mass is 266 g/mol. The van der Waals surface area contributed by atoms with Gasteiger partial charge in [-0.2, -0.15) is 0 Å². The predicted octanol–water partition coefficient (Wildman–Crippen LogP) is 3.39. The lowest BCUT2D eigenvalue weighted by molar-refractivity contribution is -0.159. The molecule has 1 aliphatic carbocycles. The standard InChI is InChI=1S/C15H19ClO2/c1-15(17-10-14(9-16)18-15)13-7-6-11-4-2-3-5-12(11)8-13/h6-8,14H,2-5,9-10H2,1H3. The molecule has 0 N–H and O–H groups in total. The summed E-state index contributed by atoms with van der Waals surface area (Å²) in [4.78, 5) is 0. The summed E-state index contributed by atoms with van der Waals surface area (Å²) in [5, 5.41) is 0. The highest BCUT2D eigenvalue weighted by molar-refractivity contribution is 6.18. The van der Waals surface area contributed by atoms with E-state index in [1.165, 1.54) is 36.8 Å². The first-order chi connectivity index (χ1) is 8.71. The fourth-order valence-corrected chi connectivity index (χ4v) is 3.03. The van der Waals surface area contributed by atoms with Gasteiger partial charge in [0.15, 0.2) is 5.79 Å². The molecule has 3 heteroatoms. The van der Waals surface area contributed by atoms with Gasteiger partial charge in [0.2, 0.25) is 0 Å². The lowest BCUT2D eigenvalue weighted by atomic mass is 9.89. The molecule has 1 aromatic rings. The topological polar surface area (TPSA) is 18.5 Å². The van der Waals surface area contributed by atoms with Gasteiger partial charge in [-0.05, 0) is 43.7 Å². The Labute approximate surface area is 113 Å². The summed E-state index contributed by atoms with van der Waals surface area (Å²) < 4.78 is 11.7. The van der Waals surface area contributed by atoms with Crippen molar-refractivity contribution < 1.29 is 9.47 Å². The SMILES string of the molecule is CC1(c2ccc3c(c2)CCCC3)OCC(CCl)O1. The number of ether oxygens (including phenoxy) is 2. The zero-order chi connectivity index (χ0) is 12.6. The molecule has 1 aromatic carbocycles. The van der Waals surface area contributed by atoms with Crippen LogP contribution >= 0.6 is 11.6 Å². The van der Waals surface area contributed by atoms with Gasteiger partial charge in [-0.25, -0.2) is 0 Å². The van der Waals surface area contributed by atoms with Gasteiger partial charge in [-0.3, -0.25) is 0 Å². The van der Waals surface area contributed by atoms with Crippen molar-refractivity contribution in [1.29, 1.82) is 0 Å². The van der Waals surface area contributed by atoms with Crippen LogP contribution in [-0.2, 0) is 28.1 Å². The lowest BCUT2D eigenvalue weighted by Gasteiger charge is -2.26. The van der Waals surface area contributed by atoms with Gasteiger partial charge < -0.3 is 9.47 Å². The average molecular weight is 267 g/mol. The van der Waals surface area contributed by atoms with Crippen LogP contribution in [0, 0.1) is 0 Å². The first kappa shape index (κ1) is 12.5. The zero-order valence-corrected chi connectivity index (χ0v) is 11.5. The molecule has 2 nitrogen and oxygen atoms in total. The van der Waals surface area contributed by atoms with Crippen LogP contribution in [-0.4, -0.2) is 18.6 Å². The van der Waals surface area contributed by atoms with Gasteiger partial charge in [0.25, 0.3) is 0 Å². The molecular weight excluding hydrogens is 248 g/mol. The van der Waals surface area contributed by atoms with E-state index in [4.69, 9.17) is 21.1 Å². The first-order valence-electron chi connectivity index (χ1n) is 6.71. The van der Waals surface area contributed by atoms with Crippen LogP contribution in [0.1, 0.15) is 36.5 Å². The predicted molar refractivity (Wildman–Crippen MR) is 72.0 cm³/mol. The quantitative estimate of drug-likeness (QED) is 0.764. The number of aryl methyl sites for hydroxylation is 2. The van der Waals surface area contributed by atoms with E-state index in [-0.39, 0.29) is 6.10 Å². The number of hydrogen-bond acceptors (Lipinski definition) is 2. The maximum absolute atomic E-state index is 5.92. The molecule has 1 saturated heterocycles. The molecule has 2 atom stereocenters. The Morgan fingerprint density at radius 3 is 2.78 bits per heavy atom. The van der Waals surface area contributed by atoms with Crippen molar-refractivity contribution in [3.05, 3.63) is 34.9 Å². The summed E-state index contributed by atoms with van der Waals surface area (Å²) in [6.07, 6.45) is 4.99. The summed E-state index contributed by atoms with van der Waals surface area (Å²) in [6, 6.07) is 6.63. The molecular formula is C15H19ClO2. The van der Waals surface area contributed by atoms with Crippen LogP contribution in [0.3, 0.4) is 0 Å². The Bertz CT molecular complexity index is 446. The van der Waals surface area contributed by atoms with E-state index in [1.807, 2.05) is 6.92 Å². The van der Waals surface area contributed by atoms with E-state index < -0.39 is 5.79 Å². The Morgan fingerprint density at radius 2 is 2.06 bits per heavy atom. The highest BCUT2D eigenvalue weighted by atomic mass is 35.5. The van der Waals surface area contributed by atoms with E-state index >= 15 is 0 Å². The molecule has 2 unspecified atom stereocenters. The number of benzene rings is 1. The van der Waals surface area contributed by atoms with Crippen molar-refractivity contribution in [1.82, 2.24) is 0 Å². The summed E-state index contributed by atoms with van der Waals surface area (Å²) >= 11 is 5.83. The lowest BCUT2D eigenvalue weighted by Crippen LogP contribution is -2.25. The minimum absolute atomic E-state index is 0.00713. The van der Waals surface area contributed by atoms with Crippen LogP contribution in [0.5, 0.6) is 0 Å². The van der Waals surface area contributed by atoms with Crippen LogP contribution in [0.15, 0.2) is 18.2 Å². The summed E-state index contributed by atoms with van der Waals surface area (Å²) in [5.41, 5.74) is 4.07. The Balaban J connectivity index is 1.88. The van der Waals surface area contributed by atoms with Gasteiger partial charge in [0.05, 0.1) is 18.6 Å². The van der Waals surface area contributed by atoms with Gasteiger partial charge in [-0.1, -0.05) is 18.2 Å². The van der Waals surface area contributed by atoms with Crippen molar-refractivity contribution in [2.45, 2.75) is 44.5 Å². The van der Waals surface area contributed by atoms with Crippen molar-refractivity contribution in [2.24, 2.45) is 0 Å². The van der Waals surface area contributed by atoms with Crippen molar-refractivity contribution in [3.63, 3.8) is 0 Å². The molecule has 18 heavy (non-hydrogen) atoms. The number of alkyl halides is 1. The zero-order valence-electron chi connectivity index (χ0n) is 10.7. The highest BCUT2D eigenvalue weighted by Gasteiger charge is 2.38. The summed E-state index contributed by atoms with van der Waals surface area (Å²) in [6.45, 7) is 2.57. The molecule has 98 valence electrons. The third-order valence-electron chi connectivity index (χ3n) is 3.98. The van der Waals surface area contributed by atoms with E-state index in [1.54, 1.807) is 0 Å². The Morgan fingerprint density at radius 1 is 1.28 bits per heavy atom. The number of rotatable bonds is 2. The maximum atomic E-state index is 5.92. The molecule has 1 fully saturated rings. The second-order valence-electron chi connectivity index (χ2n) is 5.34. The third-order valence-corrected chi connectivity index (χ3v) is 4.33. The number of fused-ring (bicyclic) bond motifs is 1. The minimum atomic E-state index is -0.619. The van der Waals surface area contributed by atoms with E-state index in [9.17, 15) is 0 Å². The molecule has 2 aliphatic rings. The van der Waals surface area contributed by atoms with Crippen molar-refractivity contribution >= 4 is 11.6 Å². The van der Waals surface area contributed by atoms with Gasteiger partial charge in [-0.15, -0.1) is 11.6 Å². The third kappa shape index (κ3) is 2.18. The average Bonchev–Trinajstić information content (AvgIpc) is 2.81. The second kappa shape index (κ2) is 4.84. The van der Waals surface area contributed by atoms with E-state index in [0.717, 1.165) is 5.56 Å². The molecule has 1 heterocycles. The number of halogens is 1.